The minimum absolute atomic E-state index is 0.101. The van der Waals surface area contributed by atoms with Crippen molar-refractivity contribution in [3.63, 3.8) is 0 Å². The van der Waals surface area contributed by atoms with Crippen molar-refractivity contribution in [2.75, 3.05) is 13.2 Å². The van der Waals surface area contributed by atoms with Gasteiger partial charge in [-0.25, -0.2) is 13.8 Å². The number of carbonyl (C=O) groups excluding carboxylic acids is 1. The lowest BCUT2D eigenvalue weighted by Gasteiger charge is -2.10. The number of nitrogens with zero attached hydrogens (tertiary/aromatic N) is 1. The van der Waals surface area contributed by atoms with E-state index < -0.39 is 11.6 Å². The average Bonchev–Trinajstić information content (AvgIpc) is 3.22. The molecule has 1 N–H and O–H groups in total. The quantitative estimate of drug-likeness (QED) is 0.881. The number of oxazole rings is 1. The number of hydrogen-bond donors (Lipinski definition) is 1. The second-order valence-electron chi connectivity index (χ2n) is 5.68. The molecule has 2 heterocycles. The molecule has 1 atom stereocenters. The molecule has 1 aliphatic heterocycles. The van der Waals surface area contributed by atoms with Crippen molar-refractivity contribution >= 4 is 5.91 Å². The highest BCUT2D eigenvalue weighted by Gasteiger charge is 2.17. The van der Waals surface area contributed by atoms with Crippen LogP contribution in [0.2, 0.25) is 0 Å². The van der Waals surface area contributed by atoms with Gasteiger partial charge < -0.3 is 14.5 Å². The highest BCUT2D eigenvalue weighted by atomic mass is 19.1. The molecule has 1 fully saturated rings. The molecule has 2 aromatic rings. The molecule has 0 spiro atoms. The Morgan fingerprint density at radius 3 is 3.00 bits per heavy atom. The fraction of sp³-hybridized carbons (Fsp3) is 0.412. The minimum Gasteiger partial charge on any atom is -0.441 e. The van der Waals surface area contributed by atoms with Gasteiger partial charge in [-0.3, -0.25) is 4.79 Å². The molecule has 5 nitrogen and oxygen atoms in total. The van der Waals surface area contributed by atoms with Gasteiger partial charge in [-0.2, -0.15) is 0 Å². The van der Waals surface area contributed by atoms with E-state index >= 15 is 0 Å². The SMILES string of the molecule is O=C(CCc1ncc(-c2ccc(F)cc2F)o1)NC[C@@H]1CCCO1. The third kappa shape index (κ3) is 4.17. The second-order valence-corrected chi connectivity index (χ2v) is 5.68. The number of hydrogen-bond acceptors (Lipinski definition) is 4. The van der Waals surface area contributed by atoms with Gasteiger partial charge in [0.25, 0.3) is 0 Å². The van der Waals surface area contributed by atoms with Gasteiger partial charge in [0.15, 0.2) is 11.7 Å². The highest BCUT2D eigenvalue weighted by Crippen LogP contribution is 2.24. The van der Waals surface area contributed by atoms with Gasteiger partial charge in [-0.05, 0) is 25.0 Å². The summed E-state index contributed by atoms with van der Waals surface area (Å²) in [5, 5.41) is 2.81. The van der Waals surface area contributed by atoms with E-state index in [0.717, 1.165) is 31.6 Å². The lowest BCUT2D eigenvalue weighted by Crippen LogP contribution is -2.31. The highest BCUT2D eigenvalue weighted by molar-refractivity contribution is 5.76. The van der Waals surface area contributed by atoms with Gasteiger partial charge in [0, 0.05) is 32.1 Å². The molecule has 128 valence electrons. The Kier molecular flexibility index (Phi) is 5.20. The van der Waals surface area contributed by atoms with E-state index in [4.69, 9.17) is 9.15 Å². The van der Waals surface area contributed by atoms with Crippen LogP contribution in [-0.2, 0) is 16.0 Å². The first-order valence-electron chi connectivity index (χ1n) is 7.90. The van der Waals surface area contributed by atoms with Gasteiger partial charge in [0.2, 0.25) is 5.91 Å². The number of rotatable bonds is 6. The van der Waals surface area contributed by atoms with Crippen LogP contribution in [0.3, 0.4) is 0 Å². The van der Waals surface area contributed by atoms with Gasteiger partial charge in [-0.15, -0.1) is 0 Å². The number of carbonyl (C=O) groups is 1. The maximum atomic E-state index is 13.7. The molecule has 24 heavy (non-hydrogen) atoms. The maximum Gasteiger partial charge on any atom is 0.220 e. The normalized spacial score (nSPS) is 17.2. The van der Waals surface area contributed by atoms with E-state index in [-0.39, 0.29) is 29.8 Å². The molecule has 1 amide bonds. The Hall–Kier alpha value is -2.28. The van der Waals surface area contributed by atoms with Crippen LogP contribution in [0.5, 0.6) is 0 Å². The molecular formula is C17H18F2N2O3. The van der Waals surface area contributed by atoms with Crippen molar-refractivity contribution in [2.45, 2.75) is 31.8 Å². The Morgan fingerprint density at radius 2 is 2.25 bits per heavy atom. The zero-order valence-electron chi connectivity index (χ0n) is 13.1. The number of nitrogens with one attached hydrogen (secondary N) is 1. The molecule has 7 heteroatoms. The van der Waals surface area contributed by atoms with E-state index in [0.29, 0.717) is 18.9 Å². The van der Waals surface area contributed by atoms with Crippen molar-refractivity contribution in [1.29, 1.82) is 0 Å². The van der Waals surface area contributed by atoms with Crippen LogP contribution < -0.4 is 5.32 Å². The zero-order chi connectivity index (χ0) is 16.9. The summed E-state index contributed by atoms with van der Waals surface area (Å²) in [5.41, 5.74) is 0.137. The van der Waals surface area contributed by atoms with Crippen LogP contribution in [0.4, 0.5) is 8.78 Å². The summed E-state index contributed by atoms with van der Waals surface area (Å²) in [4.78, 5) is 15.8. The predicted molar refractivity (Wildman–Crippen MR) is 82.2 cm³/mol. The van der Waals surface area contributed by atoms with Crippen LogP contribution >= 0.6 is 0 Å². The molecular weight excluding hydrogens is 318 g/mol. The topological polar surface area (TPSA) is 64.4 Å². The van der Waals surface area contributed by atoms with Gasteiger partial charge in [0.05, 0.1) is 17.9 Å². The van der Waals surface area contributed by atoms with Crippen molar-refractivity contribution in [1.82, 2.24) is 10.3 Å². The summed E-state index contributed by atoms with van der Waals surface area (Å²) >= 11 is 0. The monoisotopic (exact) mass is 336 g/mol. The van der Waals surface area contributed by atoms with E-state index in [2.05, 4.69) is 10.3 Å². The van der Waals surface area contributed by atoms with Crippen molar-refractivity contribution in [2.24, 2.45) is 0 Å². The largest absolute Gasteiger partial charge is 0.441 e. The number of aromatic nitrogens is 1. The Labute approximate surface area is 138 Å². The summed E-state index contributed by atoms with van der Waals surface area (Å²) in [6, 6.07) is 3.23. The Balaban J connectivity index is 1.51. The molecule has 0 aliphatic carbocycles. The van der Waals surface area contributed by atoms with Crippen molar-refractivity contribution in [3.8, 4) is 11.3 Å². The number of halogens is 2. The number of amides is 1. The number of ether oxygens (including phenoxy) is 1. The predicted octanol–water partition coefficient (Wildman–Crippen LogP) is 2.85. The lowest BCUT2D eigenvalue weighted by atomic mass is 10.2. The van der Waals surface area contributed by atoms with Crippen LogP contribution in [-0.4, -0.2) is 30.1 Å². The molecule has 1 aromatic heterocycles. The van der Waals surface area contributed by atoms with Crippen molar-refractivity contribution < 1.29 is 22.7 Å². The fourth-order valence-electron chi connectivity index (χ4n) is 2.58. The van der Waals surface area contributed by atoms with Crippen molar-refractivity contribution in [3.05, 3.63) is 41.9 Å². The zero-order valence-corrected chi connectivity index (χ0v) is 13.1. The molecule has 3 rings (SSSR count). The molecule has 0 unspecified atom stereocenters. The second kappa shape index (κ2) is 7.53. The number of aryl methyl sites for hydroxylation is 1. The lowest BCUT2D eigenvalue weighted by molar-refractivity contribution is -0.121. The summed E-state index contributed by atoms with van der Waals surface area (Å²) in [5.74, 6) is -0.938. The molecule has 1 aliphatic rings. The van der Waals surface area contributed by atoms with Gasteiger partial charge >= 0.3 is 0 Å². The summed E-state index contributed by atoms with van der Waals surface area (Å²) in [6.45, 7) is 1.26. The first-order valence-corrected chi connectivity index (χ1v) is 7.90. The molecule has 0 saturated carbocycles. The maximum absolute atomic E-state index is 13.7. The van der Waals surface area contributed by atoms with Gasteiger partial charge in [0.1, 0.15) is 11.6 Å². The Morgan fingerprint density at radius 1 is 1.38 bits per heavy atom. The average molecular weight is 336 g/mol. The van der Waals surface area contributed by atoms with E-state index in [1.165, 1.54) is 12.3 Å². The fourth-order valence-corrected chi connectivity index (χ4v) is 2.58. The van der Waals surface area contributed by atoms with E-state index in [1.54, 1.807) is 0 Å². The molecule has 1 saturated heterocycles. The standard InChI is InChI=1S/C17H18F2N2O3/c18-11-3-4-13(14(19)8-11)15-10-21-17(24-15)6-5-16(22)20-9-12-2-1-7-23-12/h3-4,8,10,12H,1-2,5-7,9H2,(H,20,22)/t12-/m0/s1. The molecule has 0 radical (unpaired) electrons. The van der Waals surface area contributed by atoms with Gasteiger partial charge in [-0.1, -0.05) is 0 Å². The van der Waals surface area contributed by atoms with Crippen LogP contribution in [0.15, 0.2) is 28.8 Å². The molecule has 1 aromatic carbocycles. The minimum atomic E-state index is -0.716. The summed E-state index contributed by atoms with van der Waals surface area (Å²) in [6.07, 6.45) is 3.99. The van der Waals surface area contributed by atoms with E-state index in [9.17, 15) is 13.6 Å². The molecule has 0 bridgehead atoms. The van der Waals surface area contributed by atoms with Crippen LogP contribution in [0, 0.1) is 11.6 Å². The first-order chi connectivity index (χ1) is 11.6. The third-order valence-electron chi connectivity index (χ3n) is 3.87. The smallest absolute Gasteiger partial charge is 0.220 e. The third-order valence-corrected chi connectivity index (χ3v) is 3.87. The summed E-state index contributed by atoms with van der Waals surface area (Å²) < 4.78 is 37.5. The first kappa shape index (κ1) is 16.6. The van der Waals surface area contributed by atoms with Crippen LogP contribution in [0.25, 0.3) is 11.3 Å². The number of benzene rings is 1. The summed E-state index contributed by atoms with van der Waals surface area (Å²) in [7, 11) is 0. The van der Waals surface area contributed by atoms with E-state index in [1.807, 2.05) is 0 Å². The van der Waals surface area contributed by atoms with Crippen LogP contribution in [0.1, 0.15) is 25.2 Å². The Bertz CT molecular complexity index is 712.